The lowest BCUT2D eigenvalue weighted by atomic mass is 10.1. The molecule has 1 N–H and O–H groups in total. The van der Waals surface area contributed by atoms with Crippen LogP contribution in [0.25, 0.3) is 0 Å². The van der Waals surface area contributed by atoms with Gasteiger partial charge in [0.2, 0.25) is 15.9 Å². The molecule has 0 aliphatic heterocycles. The Morgan fingerprint density at radius 1 is 1.07 bits per heavy atom. The third-order valence-electron chi connectivity index (χ3n) is 4.23. The second-order valence-corrected chi connectivity index (χ2v) is 8.74. The van der Waals surface area contributed by atoms with E-state index in [0.717, 1.165) is 5.56 Å². The SMILES string of the molecule is CCN(CC)S(=O)(=O)c1ccc(C)c(NC(=O)Cc2c(Cl)cccc2Cl)c1. The second-order valence-electron chi connectivity index (χ2n) is 5.99. The molecule has 0 atom stereocenters. The van der Waals surface area contributed by atoms with Crippen LogP contribution in [0, 0.1) is 6.92 Å². The van der Waals surface area contributed by atoms with Crippen LogP contribution in [-0.4, -0.2) is 31.7 Å². The number of hydrogen-bond acceptors (Lipinski definition) is 3. The van der Waals surface area contributed by atoms with Crippen molar-refractivity contribution in [2.45, 2.75) is 32.1 Å². The van der Waals surface area contributed by atoms with Crippen molar-refractivity contribution in [1.82, 2.24) is 4.31 Å². The summed E-state index contributed by atoms with van der Waals surface area (Å²) < 4.78 is 26.8. The predicted molar refractivity (Wildman–Crippen MR) is 110 cm³/mol. The highest BCUT2D eigenvalue weighted by molar-refractivity contribution is 7.89. The minimum absolute atomic E-state index is 0.00896. The molecular weight excluding hydrogens is 407 g/mol. The number of benzene rings is 2. The number of rotatable bonds is 7. The molecule has 2 aromatic rings. The lowest BCUT2D eigenvalue weighted by Crippen LogP contribution is -2.30. The van der Waals surface area contributed by atoms with Gasteiger partial charge in [0.05, 0.1) is 11.3 Å². The molecule has 1 amide bonds. The van der Waals surface area contributed by atoms with Gasteiger partial charge in [-0.15, -0.1) is 0 Å². The Hall–Kier alpha value is -1.60. The van der Waals surface area contributed by atoms with Gasteiger partial charge in [0.15, 0.2) is 0 Å². The molecule has 27 heavy (non-hydrogen) atoms. The van der Waals surface area contributed by atoms with Gasteiger partial charge in [0, 0.05) is 28.8 Å². The van der Waals surface area contributed by atoms with Crippen LogP contribution in [0.2, 0.25) is 10.0 Å². The van der Waals surface area contributed by atoms with Crippen molar-refractivity contribution >= 4 is 44.8 Å². The zero-order chi connectivity index (χ0) is 20.2. The Morgan fingerprint density at radius 2 is 1.67 bits per heavy atom. The number of amides is 1. The van der Waals surface area contributed by atoms with E-state index in [2.05, 4.69) is 5.32 Å². The number of carbonyl (C=O) groups is 1. The molecule has 0 aromatic heterocycles. The molecule has 0 bridgehead atoms. The number of aryl methyl sites for hydroxylation is 1. The molecule has 0 saturated heterocycles. The van der Waals surface area contributed by atoms with E-state index < -0.39 is 10.0 Å². The molecule has 146 valence electrons. The summed E-state index contributed by atoms with van der Waals surface area (Å²) in [5.41, 5.74) is 1.73. The van der Waals surface area contributed by atoms with E-state index >= 15 is 0 Å². The molecule has 0 aliphatic carbocycles. The summed E-state index contributed by atoms with van der Waals surface area (Å²) in [6.45, 7) is 6.11. The van der Waals surface area contributed by atoms with Crippen LogP contribution < -0.4 is 5.32 Å². The molecule has 8 heteroatoms. The first-order valence-electron chi connectivity index (χ1n) is 8.54. The fourth-order valence-corrected chi connectivity index (χ4v) is 4.68. The van der Waals surface area contributed by atoms with E-state index in [4.69, 9.17) is 23.2 Å². The highest BCUT2D eigenvalue weighted by atomic mass is 35.5. The summed E-state index contributed by atoms with van der Waals surface area (Å²) in [7, 11) is -3.61. The highest BCUT2D eigenvalue weighted by Gasteiger charge is 2.22. The van der Waals surface area contributed by atoms with Crippen LogP contribution in [0.15, 0.2) is 41.3 Å². The average molecular weight is 429 g/mol. The Labute approximate surface area is 170 Å². The zero-order valence-corrected chi connectivity index (χ0v) is 17.7. The maximum absolute atomic E-state index is 12.7. The van der Waals surface area contributed by atoms with Crippen molar-refractivity contribution in [2.75, 3.05) is 18.4 Å². The van der Waals surface area contributed by atoms with Crippen LogP contribution in [0.1, 0.15) is 25.0 Å². The Bertz CT molecular complexity index is 922. The number of nitrogens with one attached hydrogen (secondary N) is 1. The van der Waals surface area contributed by atoms with Gasteiger partial charge >= 0.3 is 0 Å². The first-order valence-corrected chi connectivity index (χ1v) is 10.7. The van der Waals surface area contributed by atoms with Gasteiger partial charge < -0.3 is 5.32 Å². The lowest BCUT2D eigenvalue weighted by Gasteiger charge is -2.19. The van der Waals surface area contributed by atoms with E-state index in [9.17, 15) is 13.2 Å². The van der Waals surface area contributed by atoms with Crippen LogP contribution in [0.5, 0.6) is 0 Å². The second kappa shape index (κ2) is 9.06. The Balaban J connectivity index is 2.28. The van der Waals surface area contributed by atoms with Gasteiger partial charge in [-0.1, -0.05) is 49.2 Å². The van der Waals surface area contributed by atoms with Crippen molar-refractivity contribution in [3.63, 3.8) is 0 Å². The Kier molecular flexibility index (Phi) is 7.28. The first-order chi connectivity index (χ1) is 12.7. The Morgan fingerprint density at radius 3 is 2.22 bits per heavy atom. The predicted octanol–water partition coefficient (Wildman–Crippen LogP) is 4.51. The molecule has 0 unspecified atom stereocenters. The van der Waals surface area contributed by atoms with Gasteiger partial charge in [-0.3, -0.25) is 4.79 Å². The number of halogens is 2. The van der Waals surface area contributed by atoms with Gasteiger partial charge in [-0.25, -0.2) is 8.42 Å². The zero-order valence-electron chi connectivity index (χ0n) is 15.4. The minimum atomic E-state index is -3.61. The van der Waals surface area contributed by atoms with Crippen LogP contribution >= 0.6 is 23.2 Å². The monoisotopic (exact) mass is 428 g/mol. The van der Waals surface area contributed by atoms with Crippen LogP contribution in [0.4, 0.5) is 5.69 Å². The van der Waals surface area contributed by atoms with E-state index in [0.29, 0.717) is 34.4 Å². The maximum atomic E-state index is 12.7. The van der Waals surface area contributed by atoms with E-state index in [-0.39, 0.29) is 17.2 Å². The fourth-order valence-electron chi connectivity index (χ4n) is 2.67. The third kappa shape index (κ3) is 5.02. The lowest BCUT2D eigenvalue weighted by molar-refractivity contribution is -0.115. The molecule has 0 fully saturated rings. The maximum Gasteiger partial charge on any atom is 0.243 e. The smallest absolute Gasteiger partial charge is 0.243 e. The van der Waals surface area contributed by atoms with Gasteiger partial charge in [-0.2, -0.15) is 4.31 Å². The molecule has 2 rings (SSSR count). The minimum Gasteiger partial charge on any atom is -0.326 e. The normalized spacial score (nSPS) is 11.6. The number of sulfonamides is 1. The van der Waals surface area contributed by atoms with Crippen molar-refractivity contribution in [2.24, 2.45) is 0 Å². The summed E-state index contributed by atoms with van der Waals surface area (Å²) in [6.07, 6.45) is -0.00896. The highest BCUT2D eigenvalue weighted by Crippen LogP contribution is 2.26. The van der Waals surface area contributed by atoms with Crippen LogP contribution in [0.3, 0.4) is 0 Å². The summed E-state index contributed by atoms with van der Waals surface area (Å²) in [5, 5.41) is 3.58. The summed E-state index contributed by atoms with van der Waals surface area (Å²) in [5.74, 6) is -0.328. The molecule has 0 heterocycles. The quantitative estimate of drug-likeness (QED) is 0.704. The molecule has 5 nitrogen and oxygen atoms in total. The topological polar surface area (TPSA) is 66.5 Å². The fraction of sp³-hybridized carbons (Fsp3) is 0.316. The first kappa shape index (κ1) is 21.7. The summed E-state index contributed by atoms with van der Waals surface area (Å²) in [6, 6.07) is 9.74. The molecule has 0 spiro atoms. The molecular formula is C19H22Cl2N2O3S. The summed E-state index contributed by atoms with van der Waals surface area (Å²) >= 11 is 12.2. The number of carbonyl (C=O) groups excluding carboxylic acids is 1. The van der Waals surface area contributed by atoms with Crippen molar-refractivity contribution < 1.29 is 13.2 Å². The van der Waals surface area contributed by atoms with Crippen molar-refractivity contribution in [3.8, 4) is 0 Å². The van der Waals surface area contributed by atoms with Gasteiger partial charge in [0.25, 0.3) is 0 Å². The van der Waals surface area contributed by atoms with Crippen LogP contribution in [-0.2, 0) is 21.2 Å². The van der Waals surface area contributed by atoms with Gasteiger partial charge in [-0.05, 0) is 42.3 Å². The standard InChI is InChI=1S/C19H22Cl2N2O3S/c1-4-23(5-2)27(25,26)14-10-9-13(3)18(11-14)22-19(24)12-15-16(20)7-6-8-17(15)21/h6-11H,4-5,12H2,1-3H3,(H,22,24). The number of nitrogens with zero attached hydrogens (tertiary/aromatic N) is 1. The van der Waals surface area contributed by atoms with Crippen molar-refractivity contribution in [1.29, 1.82) is 0 Å². The number of anilines is 1. The van der Waals surface area contributed by atoms with E-state index in [1.807, 2.05) is 0 Å². The average Bonchev–Trinajstić information content (AvgIpc) is 2.61. The number of hydrogen-bond donors (Lipinski definition) is 1. The molecule has 0 aliphatic rings. The van der Waals surface area contributed by atoms with Crippen molar-refractivity contribution in [3.05, 3.63) is 57.6 Å². The molecule has 2 aromatic carbocycles. The molecule has 0 saturated carbocycles. The third-order valence-corrected chi connectivity index (χ3v) is 6.98. The summed E-state index contributed by atoms with van der Waals surface area (Å²) in [4.78, 5) is 12.6. The molecule has 0 radical (unpaired) electrons. The van der Waals surface area contributed by atoms with E-state index in [1.54, 1.807) is 51.1 Å². The van der Waals surface area contributed by atoms with E-state index in [1.165, 1.54) is 10.4 Å². The van der Waals surface area contributed by atoms with Gasteiger partial charge in [0.1, 0.15) is 0 Å². The largest absolute Gasteiger partial charge is 0.326 e.